The van der Waals surface area contributed by atoms with Gasteiger partial charge < -0.3 is 15.0 Å². The van der Waals surface area contributed by atoms with Crippen LogP contribution in [-0.4, -0.2) is 25.1 Å². The zero-order valence-corrected chi connectivity index (χ0v) is 15.9. The highest BCUT2D eigenvalue weighted by atomic mass is 16.5. The highest BCUT2D eigenvalue weighted by molar-refractivity contribution is 5.94. The fourth-order valence-electron chi connectivity index (χ4n) is 3.28. The molecule has 1 saturated heterocycles. The topological polar surface area (TPSA) is 41.6 Å². The number of nitrogens with zero attached hydrogens (tertiary/aromatic N) is 1. The number of carbonyl (C=O) groups excluding carboxylic acids is 1. The van der Waals surface area contributed by atoms with Crippen LogP contribution in [0.3, 0.4) is 0 Å². The minimum absolute atomic E-state index is 0.109. The summed E-state index contributed by atoms with van der Waals surface area (Å²) in [5.41, 5.74) is 4.27. The number of anilines is 2. The first-order valence-corrected chi connectivity index (χ1v) is 9.47. The van der Waals surface area contributed by atoms with E-state index in [1.54, 1.807) is 0 Å². The number of hydrogen-bond donors (Lipinski definition) is 1. The highest BCUT2D eigenvalue weighted by Gasteiger charge is 2.20. The van der Waals surface area contributed by atoms with Gasteiger partial charge in [0.15, 0.2) is 6.10 Å². The van der Waals surface area contributed by atoms with Crippen molar-refractivity contribution in [2.45, 2.75) is 46.1 Å². The van der Waals surface area contributed by atoms with Crippen LogP contribution in [0, 0.1) is 13.8 Å². The van der Waals surface area contributed by atoms with Crippen molar-refractivity contribution < 1.29 is 9.53 Å². The zero-order valence-electron chi connectivity index (χ0n) is 15.9. The summed E-state index contributed by atoms with van der Waals surface area (Å²) in [5.74, 6) is 0.665. The van der Waals surface area contributed by atoms with E-state index in [2.05, 4.69) is 22.3 Å². The van der Waals surface area contributed by atoms with E-state index in [0.29, 0.717) is 6.42 Å². The van der Waals surface area contributed by atoms with Crippen molar-refractivity contribution in [2.24, 2.45) is 0 Å². The minimum atomic E-state index is -0.506. The molecule has 1 aliphatic heterocycles. The molecule has 0 aromatic heterocycles. The molecule has 0 spiro atoms. The first-order chi connectivity index (χ1) is 12.6. The summed E-state index contributed by atoms with van der Waals surface area (Å²) >= 11 is 0. The minimum Gasteiger partial charge on any atom is -0.480 e. The molecular weight excluding hydrogens is 324 g/mol. The predicted octanol–water partition coefficient (Wildman–Crippen LogP) is 4.70. The SMILES string of the molecule is CC[C@H](Oc1cccc(C)c1C)C(=O)Nc1ccc(N2CCCC2)cc1. The lowest BCUT2D eigenvalue weighted by Crippen LogP contribution is -2.32. The van der Waals surface area contributed by atoms with E-state index in [9.17, 15) is 4.79 Å². The molecule has 1 fully saturated rings. The Balaban J connectivity index is 1.64. The molecule has 1 amide bonds. The van der Waals surface area contributed by atoms with Crippen molar-refractivity contribution in [3.05, 3.63) is 53.6 Å². The molecular formula is C22H28N2O2. The summed E-state index contributed by atoms with van der Waals surface area (Å²) in [4.78, 5) is 15.0. The van der Waals surface area contributed by atoms with E-state index in [0.717, 1.165) is 35.7 Å². The quantitative estimate of drug-likeness (QED) is 0.819. The maximum Gasteiger partial charge on any atom is 0.265 e. The van der Waals surface area contributed by atoms with Gasteiger partial charge in [0.1, 0.15) is 5.75 Å². The van der Waals surface area contributed by atoms with Gasteiger partial charge in [0.25, 0.3) is 5.91 Å². The Morgan fingerprint density at radius 3 is 2.46 bits per heavy atom. The molecule has 0 bridgehead atoms. The van der Waals surface area contributed by atoms with E-state index in [4.69, 9.17) is 4.74 Å². The van der Waals surface area contributed by atoms with Crippen molar-refractivity contribution in [3.63, 3.8) is 0 Å². The van der Waals surface area contributed by atoms with Gasteiger partial charge in [-0.05, 0) is 74.6 Å². The molecule has 1 N–H and O–H groups in total. The van der Waals surface area contributed by atoms with Crippen LogP contribution >= 0.6 is 0 Å². The molecule has 26 heavy (non-hydrogen) atoms. The number of amides is 1. The van der Waals surface area contributed by atoms with Crippen LogP contribution < -0.4 is 15.0 Å². The Morgan fingerprint density at radius 2 is 1.81 bits per heavy atom. The Morgan fingerprint density at radius 1 is 1.12 bits per heavy atom. The zero-order chi connectivity index (χ0) is 18.5. The van der Waals surface area contributed by atoms with Gasteiger partial charge in [-0.1, -0.05) is 19.1 Å². The van der Waals surface area contributed by atoms with E-state index in [1.165, 1.54) is 18.5 Å². The number of carbonyl (C=O) groups is 1. The molecule has 0 saturated carbocycles. The molecule has 1 heterocycles. The van der Waals surface area contributed by atoms with E-state index in [-0.39, 0.29) is 5.91 Å². The average Bonchev–Trinajstić information content (AvgIpc) is 3.18. The van der Waals surface area contributed by atoms with Crippen molar-refractivity contribution in [2.75, 3.05) is 23.3 Å². The number of aryl methyl sites for hydroxylation is 1. The maximum absolute atomic E-state index is 12.6. The molecule has 0 radical (unpaired) electrons. The molecule has 1 aliphatic rings. The number of ether oxygens (including phenoxy) is 1. The lowest BCUT2D eigenvalue weighted by Gasteiger charge is -2.20. The molecule has 4 nitrogen and oxygen atoms in total. The van der Waals surface area contributed by atoms with E-state index < -0.39 is 6.10 Å². The first kappa shape index (κ1) is 18.3. The van der Waals surface area contributed by atoms with Crippen molar-refractivity contribution in [1.29, 1.82) is 0 Å². The predicted molar refractivity (Wildman–Crippen MR) is 107 cm³/mol. The fourth-order valence-corrected chi connectivity index (χ4v) is 3.28. The smallest absolute Gasteiger partial charge is 0.265 e. The van der Waals surface area contributed by atoms with Crippen molar-refractivity contribution >= 4 is 17.3 Å². The van der Waals surface area contributed by atoms with Crippen LogP contribution in [0.5, 0.6) is 5.75 Å². The third-order valence-corrected chi connectivity index (χ3v) is 5.09. The summed E-state index contributed by atoms with van der Waals surface area (Å²) in [7, 11) is 0. The number of benzene rings is 2. The molecule has 0 aliphatic carbocycles. The number of hydrogen-bond acceptors (Lipinski definition) is 3. The maximum atomic E-state index is 12.6. The first-order valence-electron chi connectivity index (χ1n) is 9.47. The third-order valence-electron chi connectivity index (χ3n) is 5.09. The van der Waals surface area contributed by atoms with Gasteiger partial charge >= 0.3 is 0 Å². The molecule has 0 unspecified atom stereocenters. The summed E-state index contributed by atoms with van der Waals surface area (Å²) in [5, 5.41) is 2.98. The van der Waals surface area contributed by atoms with Gasteiger partial charge in [-0.25, -0.2) is 0 Å². The van der Waals surface area contributed by atoms with E-state index in [1.807, 2.05) is 51.1 Å². The Hall–Kier alpha value is -2.49. The second-order valence-corrected chi connectivity index (χ2v) is 6.94. The van der Waals surface area contributed by atoms with Crippen LogP contribution in [-0.2, 0) is 4.79 Å². The summed E-state index contributed by atoms with van der Waals surface area (Å²) < 4.78 is 5.99. The second-order valence-electron chi connectivity index (χ2n) is 6.94. The van der Waals surface area contributed by atoms with Gasteiger partial charge in [0.2, 0.25) is 0 Å². The van der Waals surface area contributed by atoms with Crippen LogP contribution in [0.25, 0.3) is 0 Å². The lowest BCUT2D eigenvalue weighted by molar-refractivity contribution is -0.122. The fraction of sp³-hybridized carbons (Fsp3) is 0.409. The number of nitrogens with one attached hydrogen (secondary N) is 1. The molecule has 4 heteroatoms. The van der Waals surface area contributed by atoms with E-state index >= 15 is 0 Å². The van der Waals surface area contributed by atoms with Gasteiger partial charge in [0.05, 0.1) is 0 Å². The summed E-state index contributed by atoms with van der Waals surface area (Å²) in [6.45, 7) is 8.27. The van der Waals surface area contributed by atoms with Crippen LogP contribution in [0.1, 0.15) is 37.3 Å². The molecule has 3 rings (SSSR count). The molecule has 138 valence electrons. The van der Waals surface area contributed by atoms with Gasteiger partial charge in [-0.3, -0.25) is 4.79 Å². The summed E-state index contributed by atoms with van der Waals surface area (Å²) in [6.07, 6.45) is 2.62. The molecule has 2 aromatic carbocycles. The number of rotatable bonds is 6. The summed E-state index contributed by atoms with van der Waals surface area (Å²) in [6, 6.07) is 14.0. The molecule has 1 atom stereocenters. The van der Waals surface area contributed by atoms with Crippen LogP contribution in [0.4, 0.5) is 11.4 Å². The van der Waals surface area contributed by atoms with Crippen LogP contribution in [0.2, 0.25) is 0 Å². The second kappa shape index (κ2) is 8.26. The Bertz CT molecular complexity index is 749. The largest absolute Gasteiger partial charge is 0.480 e. The lowest BCUT2D eigenvalue weighted by atomic mass is 10.1. The van der Waals surface area contributed by atoms with Gasteiger partial charge in [-0.2, -0.15) is 0 Å². The Labute approximate surface area is 156 Å². The molecule has 2 aromatic rings. The van der Waals surface area contributed by atoms with Gasteiger partial charge in [-0.15, -0.1) is 0 Å². The van der Waals surface area contributed by atoms with Crippen LogP contribution in [0.15, 0.2) is 42.5 Å². The average molecular weight is 352 g/mol. The Kier molecular flexibility index (Phi) is 5.82. The highest BCUT2D eigenvalue weighted by Crippen LogP contribution is 2.24. The standard InChI is InChI=1S/C22H28N2O2/c1-4-20(26-21-9-7-8-16(2)17(21)3)22(25)23-18-10-12-19(13-11-18)24-14-5-6-15-24/h7-13,20H,4-6,14-15H2,1-3H3,(H,23,25)/t20-/m0/s1. The van der Waals surface area contributed by atoms with Crippen molar-refractivity contribution in [3.8, 4) is 5.75 Å². The monoisotopic (exact) mass is 352 g/mol. The van der Waals surface area contributed by atoms with Gasteiger partial charge in [0, 0.05) is 24.5 Å². The van der Waals surface area contributed by atoms with Crippen molar-refractivity contribution in [1.82, 2.24) is 0 Å². The third kappa shape index (κ3) is 4.18. The normalized spacial score (nSPS) is 15.0.